The molecule has 1 aliphatic heterocycles. The van der Waals surface area contributed by atoms with E-state index in [2.05, 4.69) is 10.0 Å². The molecule has 0 radical (unpaired) electrons. The third-order valence-corrected chi connectivity index (χ3v) is 6.18. The summed E-state index contributed by atoms with van der Waals surface area (Å²) in [4.78, 5) is 0. The Hall–Kier alpha value is -0.880. The molecular formula is C15H24N2O2S2. The van der Waals surface area contributed by atoms with Gasteiger partial charge in [0.05, 0.1) is 11.4 Å². The third-order valence-electron chi connectivity index (χ3n) is 3.65. The Bertz CT molecular complexity index is 567. The quantitative estimate of drug-likeness (QED) is 0.840. The monoisotopic (exact) mass is 328 g/mol. The molecule has 1 aromatic rings. The normalized spacial score (nSPS) is 16.7. The summed E-state index contributed by atoms with van der Waals surface area (Å²) in [6, 6.07) is 6.24. The predicted molar refractivity (Wildman–Crippen MR) is 92.8 cm³/mol. The molecule has 118 valence electrons. The van der Waals surface area contributed by atoms with Crippen molar-refractivity contribution < 1.29 is 8.42 Å². The molecule has 4 nitrogen and oxygen atoms in total. The van der Waals surface area contributed by atoms with Crippen molar-refractivity contribution in [3.63, 3.8) is 0 Å². The van der Waals surface area contributed by atoms with Crippen LogP contribution in [-0.2, 0) is 10.0 Å². The number of hydrogen-bond acceptors (Lipinski definition) is 4. The molecule has 0 aromatic heterocycles. The zero-order valence-corrected chi connectivity index (χ0v) is 14.3. The fraction of sp³-hybridized carbons (Fsp3) is 0.600. The summed E-state index contributed by atoms with van der Waals surface area (Å²) in [6.07, 6.45) is 2.94. The average Bonchev–Trinajstić information content (AvgIpc) is 2.44. The van der Waals surface area contributed by atoms with Crippen LogP contribution in [0.5, 0.6) is 0 Å². The highest BCUT2D eigenvalue weighted by molar-refractivity contribution is 7.99. The van der Waals surface area contributed by atoms with Crippen LogP contribution in [0.3, 0.4) is 0 Å². The smallest absolute Gasteiger partial charge is 0.232 e. The molecule has 1 fully saturated rings. The van der Waals surface area contributed by atoms with Gasteiger partial charge in [0, 0.05) is 11.7 Å². The van der Waals surface area contributed by atoms with E-state index in [1.165, 1.54) is 11.5 Å². The first-order valence-electron chi connectivity index (χ1n) is 7.46. The summed E-state index contributed by atoms with van der Waals surface area (Å²) < 4.78 is 26.5. The lowest BCUT2D eigenvalue weighted by Gasteiger charge is -2.25. The van der Waals surface area contributed by atoms with Gasteiger partial charge < -0.3 is 5.32 Å². The highest BCUT2D eigenvalue weighted by Gasteiger charge is 2.16. The minimum absolute atomic E-state index is 0.157. The Morgan fingerprint density at radius 3 is 2.57 bits per heavy atom. The highest BCUT2D eigenvalue weighted by Crippen LogP contribution is 2.27. The third kappa shape index (κ3) is 4.81. The first-order chi connectivity index (χ1) is 10.0. The van der Waals surface area contributed by atoms with Crippen molar-refractivity contribution in [1.29, 1.82) is 0 Å². The number of hydrogen-bond donors (Lipinski definition) is 2. The molecule has 0 atom stereocenters. The molecule has 6 heteroatoms. The van der Waals surface area contributed by atoms with E-state index in [0.29, 0.717) is 18.2 Å². The molecular weight excluding hydrogens is 304 g/mol. The second-order valence-corrected chi connectivity index (χ2v) is 8.50. The summed E-state index contributed by atoms with van der Waals surface area (Å²) in [6.45, 7) is 3.83. The second kappa shape index (κ2) is 7.40. The summed E-state index contributed by atoms with van der Waals surface area (Å²) in [5, 5.41) is 3.56. The summed E-state index contributed by atoms with van der Waals surface area (Å²) in [5.41, 5.74) is 2.68. The van der Waals surface area contributed by atoms with E-state index in [0.717, 1.165) is 24.1 Å². The van der Waals surface area contributed by atoms with Crippen molar-refractivity contribution in [3.8, 4) is 0 Å². The lowest BCUT2D eigenvalue weighted by Crippen LogP contribution is -2.25. The summed E-state index contributed by atoms with van der Waals surface area (Å²) >= 11 is 2.00. The number of thioether (sulfide) groups is 1. The van der Waals surface area contributed by atoms with Gasteiger partial charge in [0.25, 0.3) is 0 Å². The Kier molecular flexibility index (Phi) is 5.81. The van der Waals surface area contributed by atoms with E-state index in [1.54, 1.807) is 0 Å². The SMILES string of the molecule is CCCS(=O)(=O)Nc1cccc(NC2CCSCC2)c1C. The van der Waals surface area contributed by atoms with Gasteiger partial charge in [-0.15, -0.1) is 0 Å². The number of anilines is 2. The summed E-state index contributed by atoms with van der Waals surface area (Å²) in [7, 11) is -3.24. The van der Waals surface area contributed by atoms with E-state index in [9.17, 15) is 8.42 Å². The molecule has 21 heavy (non-hydrogen) atoms. The van der Waals surface area contributed by atoms with Crippen LogP contribution in [0.25, 0.3) is 0 Å². The van der Waals surface area contributed by atoms with Crippen LogP contribution in [0.2, 0.25) is 0 Å². The maximum atomic E-state index is 11.9. The molecule has 0 amide bonds. The number of nitrogens with one attached hydrogen (secondary N) is 2. The van der Waals surface area contributed by atoms with E-state index >= 15 is 0 Å². The topological polar surface area (TPSA) is 58.2 Å². The molecule has 2 N–H and O–H groups in total. The van der Waals surface area contributed by atoms with Crippen molar-refractivity contribution in [2.24, 2.45) is 0 Å². The lowest BCUT2D eigenvalue weighted by atomic mass is 10.1. The molecule has 1 aromatic carbocycles. The molecule has 0 bridgehead atoms. The van der Waals surface area contributed by atoms with Gasteiger partial charge in [-0.1, -0.05) is 13.0 Å². The minimum atomic E-state index is -3.24. The predicted octanol–water partition coefficient (Wildman–Crippen LogP) is 3.45. The van der Waals surface area contributed by atoms with E-state index in [1.807, 2.05) is 43.8 Å². The van der Waals surface area contributed by atoms with Gasteiger partial charge >= 0.3 is 0 Å². The first-order valence-corrected chi connectivity index (χ1v) is 10.3. The van der Waals surface area contributed by atoms with E-state index in [-0.39, 0.29) is 5.75 Å². The first kappa shape index (κ1) is 16.5. The van der Waals surface area contributed by atoms with E-state index in [4.69, 9.17) is 0 Å². The number of sulfonamides is 1. The van der Waals surface area contributed by atoms with Crippen LogP contribution in [0, 0.1) is 6.92 Å². The molecule has 1 aliphatic rings. The average molecular weight is 329 g/mol. The van der Waals surface area contributed by atoms with Gasteiger partial charge in [-0.2, -0.15) is 11.8 Å². The Morgan fingerprint density at radius 1 is 1.24 bits per heavy atom. The number of benzene rings is 1. The minimum Gasteiger partial charge on any atom is -0.382 e. The van der Waals surface area contributed by atoms with Crippen molar-refractivity contribution in [1.82, 2.24) is 0 Å². The maximum absolute atomic E-state index is 11.9. The second-order valence-electron chi connectivity index (χ2n) is 5.43. The van der Waals surface area contributed by atoms with Crippen LogP contribution >= 0.6 is 11.8 Å². The van der Waals surface area contributed by atoms with Crippen molar-refractivity contribution >= 4 is 33.2 Å². The van der Waals surface area contributed by atoms with E-state index < -0.39 is 10.0 Å². The maximum Gasteiger partial charge on any atom is 0.232 e. The molecule has 1 saturated heterocycles. The van der Waals surface area contributed by atoms with Crippen LogP contribution in [0.1, 0.15) is 31.7 Å². The van der Waals surface area contributed by atoms with Gasteiger partial charge in [-0.05, 0) is 55.4 Å². The Labute approximate surface area is 132 Å². The van der Waals surface area contributed by atoms with Crippen molar-refractivity contribution in [2.45, 2.75) is 39.2 Å². The Balaban J connectivity index is 2.12. The molecule has 0 saturated carbocycles. The lowest BCUT2D eigenvalue weighted by molar-refractivity contribution is 0.600. The van der Waals surface area contributed by atoms with Gasteiger partial charge in [-0.3, -0.25) is 4.72 Å². The standard InChI is InChI=1S/C15H24N2O2S2/c1-3-11-21(18,19)17-15-6-4-5-14(12(15)2)16-13-7-9-20-10-8-13/h4-6,13,16-17H,3,7-11H2,1-2H3. The molecule has 0 aliphatic carbocycles. The van der Waals surface area contributed by atoms with Gasteiger partial charge in [0.1, 0.15) is 0 Å². The van der Waals surface area contributed by atoms with Crippen LogP contribution in [0.15, 0.2) is 18.2 Å². The van der Waals surface area contributed by atoms with Crippen molar-refractivity contribution in [3.05, 3.63) is 23.8 Å². The summed E-state index contributed by atoms with van der Waals surface area (Å²) in [5.74, 6) is 2.54. The zero-order chi connectivity index (χ0) is 15.3. The van der Waals surface area contributed by atoms with Crippen LogP contribution < -0.4 is 10.0 Å². The fourth-order valence-corrected chi connectivity index (χ4v) is 4.75. The zero-order valence-electron chi connectivity index (χ0n) is 12.7. The van der Waals surface area contributed by atoms with Crippen molar-refractivity contribution in [2.75, 3.05) is 27.3 Å². The molecule has 0 unspecified atom stereocenters. The van der Waals surface area contributed by atoms with Gasteiger partial charge in [0.2, 0.25) is 10.0 Å². The fourth-order valence-electron chi connectivity index (χ4n) is 2.45. The van der Waals surface area contributed by atoms with Crippen LogP contribution in [0.4, 0.5) is 11.4 Å². The van der Waals surface area contributed by atoms with Crippen LogP contribution in [-0.4, -0.2) is 31.7 Å². The highest BCUT2D eigenvalue weighted by atomic mass is 32.2. The molecule has 0 spiro atoms. The number of rotatable bonds is 6. The van der Waals surface area contributed by atoms with Gasteiger partial charge in [0.15, 0.2) is 0 Å². The van der Waals surface area contributed by atoms with Gasteiger partial charge in [-0.25, -0.2) is 8.42 Å². The molecule has 1 heterocycles. The Morgan fingerprint density at radius 2 is 1.90 bits per heavy atom. The largest absolute Gasteiger partial charge is 0.382 e. The molecule has 2 rings (SSSR count).